The van der Waals surface area contributed by atoms with Gasteiger partial charge in [-0.15, -0.1) is 0 Å². The van der Waals surface area contributed by atoms with Crippen LogP contribution in [0.25, 0.3) is 0 Å². The van der Waals surface area contributed by atoms with Gasteiger partial charge >= 0.3 is 0 Å². The Labute approximate surface area is 39.6 Å². The third kappa shape index (κ3) is 5880. The van der Waals surface area contributed by atoms with Crippen molar-refractivity contribution in [2.75, 3.05) is 0 Å². The SMILES string of the molecule is [Fe].[NH3+]C(=O)[O-]. The van der Waals surface area contributed by atoms with E-state index in [0.29, 0.717) is 0 Å². The molecule has 3 nitrogen and oxygen atoms in total. The molecule has 0 atom stereocenters. The van der Waals surface area contributed by atoms with Crippen molar-refractivity contribution < 1.29 is 32.7 Å². The third-order valence-electron chi connectivity index (χ3n) is 0. The van der Waals surface area contributed by atoms with Crippen molar-refractivity contribution in [1.29, 1.82) is 0 Å². The maximum Gasteiger partial charge on any atom is 0.252 e. The zero-order valence-corrected chi connectivity index (χ0v) is 3.48. The first kappa shape index (κ1) is 8.87. The number of carbonyl (C=O) groups excluding carboxylic acids is 1. The van der Waals surface area contributed by atoms with Crippen LogP contribution in [-0.2, 0) is 17.1 Å². The predicted molar refractivity (Wildman–Crippen MR) is 8.28 cm³/mol. The summed E-state index contributed by atoms with van der Waals surface area (Å²) in [4.78, 5) is 8.78. The van der Waals surface area contributed by atoms with Crippen LogP contribution in [0.3, 0.4) is 0 Å². The Kier molecular flexibility index (Phi) is 7.01. The first-order chi connectivity index (χ1) is 1.73. The number of hydrogen-bond donors (Lipinski definition) is 1. The molecule has 0 aromatic rings. The summed E-state index contributed by atoms with van der Waals surface area (Å²) in [7, 11) is 0. The normalized spacial score (nSPS) is 5.00. The largest absolute Gasteiger partial charge is 0.498 e. The maximum atomic E-state index is 8.78. The minimum atomic E-state index is -1.33. The van der Waals surface area contributed by atoms with Gasteiger partial charge in [0.25, 0.3) is 6.09 Å². The molecule has 0 radical (unpaired) electrons. The second-order valence-corrected chi connectivity index (χ2v) is 0.372. The van der Waals surface area contributed by atoms with Gasteiger partial charge < -0.3 is 15.6 Å². The zero-order chi connectivity index (χ0) is 3.58. The molecule has 0 spiro atoms. The summed E-state index contributed by atoms with van der Waals surface area (Å²) >= 11 is 0. The van der Waals surface area contributed by atoms with E-state index in [0.717, 1.165) is 0 Å². The Morgan fingerprint density at radius 2 is 1.80 bits per heavy atom. The molecule has 3 N–H and O–H groups in total. The van der Waals surface area contributed by atoms with Crippen LogP contribution in [0.4, 0.5) is 4.79 Å². The molecular formula is CH3FeNO2. The fourth-order valence-electron chi connectivity index (χ4n) is 0. The van der Waals surface area contributed by atoms with Crippen LogP contribution in [-0.4, -0.2) is 6.09 Å². The topological polar surface area (TPSA) is 67.8 Å². The minimum absolute atomic E-state index is 0. The van der Waals surface area contributed by atoms with Crippen LogP contribution in [0.2, 0.25) is 0 Å². The van der Waals surface area contributed by atoms with Crippen LogP contribution in [0.5, 0.6) is 0 Å². The molecule has 0 saturated heterocycles. The van der Waals surface area contributed by atoms with E-state index in [1.165, 1.54) is 0 Å². The van der Waals surface area contributed by atoms with Crippen LogP contribution in [0, 0.1) is 0 Å². The first-order valence-corrected chi connectivity index (χ1v) is 0.762. The van der Waals surface area contributed by atoms with Gasteiger partial charge in [-0.05, 0) is 0 Å². The molecule has 0 aliphatic carbocycles. The van der Waals surface area contributed by atoms with Crippen LogP contribution < -0.4 is 10.8 Å². The van der Waals surface area contributed by atoms with E-state index in [4.69, 9.17) is 9.90 Å². The molecule has 0 aromatic carbocycles. The molecule has 0 aromatic heterocycles. The quantitative estimate of drug-likeness (QED) is 0.358. The van der Waals surface area contributed by atoms with Gasteiger partial charge in [-0.1, -0.05) is 0 Å². The number of rotatable bonds is 0. The smallest absolute Gasteiger partial charge is 0.252 e. The van der Waals surface area contributed by atoms with Crippen molar-refractivity contribution in [3.63, 3.8) is 0 Å². The average molecular weight is 117 g/mol. The summed E-state index contributed by atoms with van der Waals surface area (Å²) < 4.78 is 0. The second kappa shape index (κ2) is 3.95. The Morgan fingerprint density at radius 3 is 1.80 bits per heavy atom. The second-order valence-electron chi connectivity index (χ2n) is 0.372. The summed E-state index contributed by atoms with van der Waals surface area (Å²) in [6.45, 7) is 0. The number of amides is 1. The molecule has 32 valence electrons. The molecule has 5 heavy (non-hydrogen) atoms. The monoisotopic (exact) mass is 117 g/mol. The maximum absolute atomic E-state index is 8.78. The fraction of sp³-hybridized carbons (Fsp3) is 0. The van der Waals surface area contributed by atoms with Crippen molar-refractivity contribution >= 4 is 6.09 Å². The number of carboxylic acid groups (broad SMARTS) is 1. The molecule has 0 saturated carbocycles. The Bertz CT molecular complexity index is 32.6. The van der Waals surface area contributed by atoms with Crippen molar-refractivity contribution in [3.05, 3.63) is 0 Å². The summed E-state index contributed by atoms with van der Waals surface area (Å²) in [5, 5.41) is 8.78. The molecule has 4 heteroatoms. The van der Waals surface area contributed by atoms with E-state index >= 15 is 0 Å². The van der Waals surface area contributed by atoms with Crippen molar-refractivity contribution in [3.8, 4) is 0 Å². The molecule has 0 aliphatic rings. The Balaban J connectivity index is 0. The van der Waals surface area contributed by atoms with Gasteiger partial charge in [0.15, 0.2) is 0 Å². The summed E-state index contributed by atoms with van der Waals surface area (Å²) in [6.07, 6.45) is -1.33. The van der Waals surface area contributed by atoms with Gasteiger partial charge in [0.05, 0.1) is 0 Å². The average Bonchev–Trinajstić information content (AvgIpc) is 0.811. The number of quaternary nitrogens is 1. The Morgan fingerprint density at radius 1 is 1.80 bits per heavy atom. The Hall–Kier alpha value is -0.0505. The zero-order valence-electron chi connectivity index (χ0n) is 2.38. The fourth-order valence-corrected chi connectivity index (χ4v) is 0. The molecule has 0 bridgehead atoms. The standard InChI is InChI=1S/CH3NO2.Fe/c2-1(3)4;/h2H2,(H,3,4);. The predicted octanol–water partition coefficient (Wildman–Crippen LogP) is -2.43. The molecule has 0 aliphatic heterocycles. The molecular weight excluding hydrogens is 114 g/mol. The van der Waals surface area contributed by atoms with E-state index in [9.17, 15) is 0 Å². The van der Waals surface area contributed by atoms with Crippen LogP contribution in [0.15, 0.2) is 0 Å². The van der Waals surface area contributed by atoms with Crippen molar-refractivity contribution in [2.24, 2.45) is 0 Å². The van der Waals surface area contributed by atoms with E-state index < -0.39 is 6.09 Å². The first-order valence-electron chi connectivity index (χ1n) is 0.762. The summed E-state index contributed by atoms with van der Waals surface area (Å²) in [6, 6.07) is 0. The molecule has 0 unspecified atom stereocenters. The van der Waals surface area contributed by atoms with Crippen LogP contribution in [0.1, 0.15) is 0 Å². The van der Waals surface area contributed by atoms with E-state index in [-0.39, 0.29) is 17.1 Å². The minimum Gasteiger partial charge on any atom is -0.498 e. The van der Waals surface area contributed by atoms with E-state index in [1.54, 1.807) is 0 Å². The van der Waals surface area contributed by atoms with Crippen molar-refractivity contribution in [1.82, 2.24) is 0 Å². The van der Waals surface area contributed by atoms with Gasteiger partial charge in [-0.25, -0.2) is 0 Å². The number of carbonyl (C=O) groups is 1. The molecule has 0 heterocycles. The molecule has 0 fully saturated rings. The third-order valence-corrected chi connectivity index (χ3v) is 0. The van der Waals surface area contributed by atoms with Gasteiger partial charge in [-0.3, -0.25) is 0 Å². The van der Waals surface area contributed by atoms with Crippen LogP contribution >= 0.6 is 0 Å². The van der Waals surface area contributed by atoms with Gasteiger partial charge in [-0.2, -0.15) is 0 Å². The van der Waals surface area contributed by atoms with E-state index in [2.05, 4.69) is 5.73 Å². The van der Waals surface area contributed by atoms with Gasteiger partial charge in [0.1, 0.15) is 0 Å². The molecule has 1 amide bonds. The van der Waals surface area contributed by atoms with E-state index in [1.807, 2.05) is 0 Å². The number of hydrogen-bond acceptors (Lipinski definition) is 2. The molecule has 0 rings (SSSR count). The van der Waals surface area contributed by atoms with Gasteiger partial charge in [0.2, 0.25) is 0 Å². The van der Waals surface area contributed by atoms with Gasteiger partial charge in [0, 0.05) is 17.1 Å². The summed E-state index contributed by atoms with van der Waals surface area (Å²) in [5.74, 6) is 0. The van der Waals surface area contributed by atoms with Crippen molar-refractivity contribution in [2.45, 2.75) is 0 Å². The summed E-state index contributed by atoms with van der Waals surface area (Å²) in [5.41, 5.74) is 2.44.